The molecule has 1 rings (SSSR count). The van der Waals surface area contributed by atoms with Crippen LogP contribution < -0.4 is 0 Å². The molecule has 0 unspecified atom stereocenters. The number of hydrogen-bond donors (Lipinski definition) is 2. The van der Waals surface area contributed by atoms with Crippen molar-refractivity contribution in [1.29, 1.82) is 0 Å². The van der Waals surface area contributed by atoms with Crippen LogP contribution in [0.3, 0.4) is 0 Å². The number of carboxylic acids is 2. The van der Waals surface area contributed by atoms with E-state index in [1.165, 1.54) is 0 Å². The minimum absolute atomic E-state index is 0. The summed E-state index contributed by atoms with van der Waals surface area (Å²) in [5.41, 5.74) is -1.49. The fourth-order valence-electron chi connectivity index (χ4n) is 2.24. The van der Waals surface area contributed by atoms with Crippen molar-refractivity contribution in [2.24, 2.45) is 0 Å². The minimum atomic E-state index is -1.82. The molecule has 1 aromatic carbocycles. The summed E-state index contributed by atoms with van der Waals surface area (Å²) in [6, 6.07) is 8.23. The Morgan fingerprint density at radius 2 is 1.60 bits per heavy atom. The van der Waals surface area contributed by atoms with Crippen molar-refractivity contribution in [2.45, 2.75) is 44.4 Å². The van der Waals surface area contributed by atoms with Gasteiger partial charge in [0.15, 0.2) is 5.41 Å². The molecule has 0 spiro atoms. The van der Waals surface area contributed by atoms with Crippen LogP contribution >= 0.6 is 0 Å². The zero-order valence-electron chi connectivity index (χ0n) is 13.8. The second-order valence-electron chi connectivity index (χ2n) is 4.69. The average Bonchev–Trinajstić information content (AvgIpc) is 2.39. The van der Waals surface area contributed by atoms with Crippen LogP contribution in [0.4, 0.5) is 0 Å². The molecule has 0 radical (unpaired) electrons. The third-order valence-corrected chi connectivity index (χ3v) is 3.40. The summed E-state index contributed by atoms with van der Waals surface area (Å²) in [6.07, 6.45) is 3.59. The second-order valence-corrected chi connectivity index (χ2v) is 4.69. The van der Waals surface area contributed by atoms with E-state index in [1.807, 2.05) is 0 Å². The van der Waals surface area contributed by atoms with E-state index in [9.17, 15) is 19.8 Å². The number of carbonyl (C=O) groups is 2. The third kappa shape index (κ3) is 4.47. The molecular formula is C15H22CaO4. The van der Waals surface area contributed by atoms with Gasteiger partial charge in [-0.2, -0.15) is 0 Å². The van der Waals surface area contributed by atoms with Gasteiger partial charge in [0, 0.05) is 0 Å². The van der Waals surface area contributed by atoms with E-state index in [0.717, 1.165) is 19.3 Å². The molecule has 0 heterocycles. The molecule has 0 bridgehead atoms. The first-order valence-electron chi connectivity index (χ1n) is 6.58. The molecule has 1 aromatic rings. The quantitative estimate of drug-likeness (QED) is 0.440. The van der Waals surface area contributed by atoms with Gasteiger partial charge >= 0.3 is 49.7 Å². The summed E-state index contributed by atoms with van der Waals surface area (Å²) in [4.78, 5) is 23.1. The molecule has 0 aromatic heterocycles. The zero-order valence-corrected chi connectivity index (χ0v) is 14.0. The molecule has 4 nitrogen and oxygen atoms in total. The van der Waals surface area contributed by atoms with Crippen LogP contribution in [0.1, 0.15) is 47.4 Å². The van der Waals surface area contributed by atoms with E-state index in [0.29, 0.717) is 12.0 Å². The number of unbranched alkanes of at least 4 members (excludes halogenated alkanes) is 3. The molecule has 0 saturated carbocycles. The Morgan fingerprint density at radius 1 is 1.05 bits per heavy atom. The third-order valence-electron chi connectivity index (χ3n) is 3.40. The second kappa shape index (κ2) is 9.37. The van der Waals surface area contributed by atoms with Crippen molar-refractivity contribution < 1.29 is 22.7 Å². The number of benzene rings is 1. The van der Waals surface area contributed by atoms with Gasteiger partial charge in [-0.15, -0.1) is 0 Å². The SMILES string of the molecule is CCCCCCC(C(=O)O)(C(=O)O)c1ccccc1.[Ca+2].[H-].[H-]. The van der Waals surface area contributed by atoms with E-state index in [1.54, 1.807) is 30.3 Å². The molecule has 0 atom stereocenters. The molecule has 0 aliphatic heterocycles. The minimum Gasteiger partial charge on any atom is -1.00 e. The first-order chi connectivity index (χ1) is 9.05. The number of carboxylic acid groups (broad SMARTS) is 2. The predicted octanol–water partition coefficient (Wildman–Crippen LogP) is 2.91. The van der Waals surface area contributed by atoms with Gasteiger partial charge in [0.2, 0.25) is 0 Å². The Kier molecular flexibility index (Phi) is 9.10. The number of rotatable bonds is 8. The van der Waals surface area contributed by atoms with Crippen LogP contribution in [-0.4, -0.2) is 59.9 Å². The molecule has 0 aliphatic rings. The van der Waals surface area contributed by atoms with Gasteiger partial charge < -0.3 is 13.1 Å². The van der Waals surface area contributed by atoms with Crippen LogP contribution in [0.15, 0.2) is 30.3 Å². The molecule has 0 saturated heterocycles. The molecule has 0 aliphatic carbocycles. The van der Waals surface area contributed by atoms with Crippen LogP contribution in [0.25, 0.3) is 0 Å². The van der Waals surface area contributed by atoms with Crippen molar-refractivity contribution >= 4 is 49.7 Å². The molecule has 0 fully saturated rings. The normalized spacial score (nSPS) is 10.7. The first kappa shape index (κ1) is 19.4. The van der Waals surface area contributed by atoms with E-state index in [-0.39, 0.29) is 47.0 Å². The Bertz CT molecular complexity index is 426. The monoisotopic (exact) mass is 306 g/mol. The maximum absolute atomic E-state index is 11.5. The average molecular weight is 306 g/mol. The van der Waals surface area contributed by atoms with Crippen LogP contribution in [0, 0.1) is 0 Å². The van der Waals surface area contributed by atoms with Gasteiger partial charge in [0.05, 0.1) is 0 Å². The largest absolute Gasteiger partial charge is 2.00 e. The van der Waals surface area contributed by atoms with Gasteiger partial charge in [0.25, 0.3) is 0 Å². The summed E-state index contributed by atoms with van der Waals surface area (Å²) in [5, 5.41) is 18.8. The topological polar surface area (TPSA) is 74.6 Å². The van der Waals surface area contributed by atoms with Gasteiger partial charge in [-0.1, -0.05) is 62.9 Å². The maximum Gasteiger partial charge on any atom is 2.00 e. The van der Waals surface area contributed by atoms with E-state index in [2.05, 4.69) is 6.92 Å². The van der Waals surface area contributed by atoms with E-state index >= 15 is 0 Å². The fraction of sp³-hybridized carbons (Fsp3) is 0.467. The van der Waals surface area contributed by atoms with E-state index in [4.69, 9.17) is 0 Å². The van der Waals surface area contributed by atoms with Crippen LogP contribution in [-0.2, 0) is 15.0 Å². The van der Waals surface area contributed by atoms with Crippen LogP contribution in [0.5, 0.6) is 0 Å². The predicted molar refractivity (Wildman–Crippen MR) is 80.1 cm³/mol. The van der Waals surface area contributed by atoms with Crippen molar-refractivity contribution in [3.63, 3.8) is 0 Å². The van der Waals surface area contributed by atoms with Crippen molar-refractivity contribution in [3.05, 3.63) is 35.9 Å². The van der Waals surface area contributed by atoms with Gasteiger partial charge in [-0.3, -0.25) is 9.59 Å². The Balaban J connectivity index is -0.00000120. The Morgan fingerprint density at radius 3 is 2.05 bits per heavy atom. The van der Waals surface area contributed by atoms with Gasteiger partial charge in [0.1, 0.15) is 0 Å². The van der Waals surface area contributed by atoms with Crippen molar-refractivity contribution in [1.82, 2.24) is 0 Å². The summed E-state index contributed by atoms with van der Waals surface area (Å²) in [5.74, 6) is -2.58. The van der Waals surface area contributed by atoms with Gasteiger partial charge in [-0.05, 0) is 12.0 Å². The summed E-state index contributed by atoms with van der Waals surface area (Å²) >= 11 is 0. The number of aliphatic carboxylic acids is 2. The fourth-order valence-corrected chi connectivity index (χ4v) is 2.24. The van der Waals surface area contributed by atoms with Crippen molar-refractivity contribution in [2.75, 3.05) is 0 Å². The molecule has 0 amide bonds. The first-order valence-corrected chi connectivity index (χ1v) is 6.58. The maximum atomic E-state index is 11.5. The van der Waals surface area contributed by atoms with Gasteiger partial charge in [-0.25, -0.2) is 0 Å². The molecule has 108 valence electrons. The summed E-state index contributed by atoms with van der Waals surface area (Å²) < 4.78 is 0. The summed E-state index contributed by atoms with van der Waals surface area (Å²) in [7, 11) is 0. The standard InChI is InChI=1S/C15H20O4.Ca.2H/c1-2-3-4-8-11-15(13(16)17,14(18)19)12-9-6-5-7-10-12;;;/h5-7,9-10H,2-4,8,11H2,1H3,(H,16,17)(H,18,19);;;/q;+2;2*-1. The van der Waals surface area contributed by atoms with Crippen LogP contribution in [0.2, 0.25) is 0 Å². The Hall–Kier alpha value is -0.580. The molecule has 5 heteroatoms. The smallest absolute Gasteiger partial charge is 1.00 e. The molecule has 2 N–H and O–H groups in total. The zero-order chi connectivity index (χ0) is 14.3. The molecular weight excluding hydrogens is 284 g/mol. The summed E-state index contributed by atoms with van der Waals surface area (Å²) in [6.45, 7) is 2.05. The Labute approximate surface area is 152 Å². The molecule has 20 heavy (non-hydrogen) atoms. The van der Waals surface area contributed by atoms with E-state index < -0.39 is 17.4 Å². The number of hydrogen-bond acceptors (Lipinski definition) is 2. The van der Waals surface area contributed by atoms with Crippen molar-refractivity contribution in [3.8, 4) is 0 Å².